The van der Waals surface area contributed by atoms with Gasteiger partial charge in [-0.15, -0.1) is 0 Å². The third-order valence-corrected chi connectivity index (χ3v) is 4.06. The van der Waals surface area contributed by atoms with Crippen molar-refractivity contribution >= 4 is 11.6 Å². The predicted octanol–water partition coefficient (Wildman–Crippen LogP) is 2.76. The lowest BCUT2D eigenvalue weighted by molar-refractivity contribution is 0.122. The summed E-state index contributed by atoms with van der Waals surface area (Å²) in [5, 5.41) is 28.1. The molecule has 3 aromatic rings. The lowest BCUT2D eigenvalue weighted by atomic mass is 10.1. The van der Waals surface area contributed by atoms with Crippen LogP contribution in [0.25, 0.3) is 11.3 Å². The molecule has 0 amide bonds. The Balaban J connectivity index is 1.77. The molecule has 0 saturated heterocycles. The van der Waals surface area contributed by atoms with Crippen molar-refractivity contribution in [3.63, 3.8) is 0 Å². The molecular weight excluding hydrogens is 380 g/mol. The number of nitrogens with one attached hydrogen (secondary N) is 2. The number of aryl methyl sites for hydroxylation is 1. The Morgan fingerprint density at radius 2 is 2.00 bits per heavy atom. The zero-order valence-electron chi connectivity index (χ0n) is 15.5. The van der Waals surface area contributed by atoms with Crippen molar-refractivity contribution in [2.45, 2.75) is 26.1 Å². The molecule has 0 fully saturated rings. The highest BCUT2D eigenvalue weighted by molar-refractivity contribution is 5.65. The monoisotopic (exact) mass is 399 g/mol. The molecule has 10 heteroatoms. The maximum Gasteiger partial charge on any atom is 0.257 e. The van der Waals surface area contributed by atoms with Gasteiger partial charge in [-0.3, -0.25) is 10.00 Å². The Hall–Kier alpha value is -3.42. The summed E-state index contributed by atoms with van der Waals surface area (Å²) in [6.45, 7) is 1.43. The minimum Gasteiger partial charge on any atom is -0.374 e. The topological polar surface area (TPSA) is 112 Å². The van der Waals surface area contributed by atoms with Crippen LogP contribution >= 0.6 is 0 Å². The molecule has 0 spiro atoms. The zero-order chi connectivity index (χ0) is 20.8. The molecule has 150 valence electrons. The first kappa shape index (κ1) is 20.3. The van der Waals surface area contributed by atoms with Gasteiger partial charge in [0.05, 0.1) is 30.2 Å². The summed E-state index contributed by atoms with van der Waals surface area (Å²) in [5.41, 5.74) is 3.48. The van der Waals surface area contributed by atoms with E-state index in [0.717, 1.165) is 15.8 Å². The number of hydrogen-bond donors (Lipinski definition) is 3. The first-order chi connectivity index (χ1) is 14.0. The lowest BCUT2D eigenvalue weighted by Crippen LogP contribution is -2.20. The normalized spacial score (nSPS) is 12.0. The van der Waals surface area contributed by atoms with Crippen molar-refractivity contribution in [3.05, 3.63) is 54.0 Å². The van der Waals surface area contributed by atoms with Crippen molar-refractivity contribution in [2.75, 3.05) is 11.9 Å². The first-order valence-corrected chi connectivity index (χ1v) is 8.76. The van der Waals surface area contributed by atoms with Crippen LogP contribution in [0, 0.1) is 18.3 Å². The zero-order valence-corrected chi connectivity index (χ0v) is 15.5. The molecule has 0 saturated carbocycles. The second-order valence-electron chi connectivity index (χ2n) is 6.26. The Bertz CT molecular complexity index is 999. The number of benzene rings is 1. The number of aromatic nitrogens is 4. The highest BCUT2D eigenvalue weighted by Gasteiger charge is 2.11. The maximum atomic E-state index is 12.4. The highest BCUT2D eigenvalue weighted by Crippen LogP contribution is 2.24. The predicted molar refractivity (Wildman–Crippen MR) is 102 cm³/mol. The minimum absolute atomic E-state index is 0.0386. The van der Waals surface area contributed by atoms with Crippen LogP contribution in [-0.2, 0) is 6.54 Å². The van der Waals surface area contributed by atoms with Gasteiger partial charge in [-0.1, -0.05) is 24.3 Å². The van der Waals surface area contributed by atoms with Crippen molar-refractivity contribution in [2.24, 2.45) is 0 Å². The lowest BCUT2D eigenvalue weighted by Gasteiger charge is -2.12. The number of nitrogens with zero attached hydrogens (tertiary/aromatic N) is 5. The van der Waals surface area contributed by atoms with Gasteiger partial charge < -0.3 is 10.4 Å². The van der Waals surface area contributed by atoms with E-state index in [-0.39, 0.29) is 6.54 Å². The van der Waals surface area contributed by atoms with Crippen molar-refractivity contribution in [3.8, 4) is 17.3 Å². The minimum atomic E-state index is -2.48. The van der Waals surface area contributed by atoms with E-state index in [1.54, 1.807) is 18.3 Å². The summed E-state index contributed by atoms with van der Waals surface area (Å²) in [5.74, 6) is 0.307. The van der Waals surface area contributed by atoms with Gasteiger partial charge in [0, 0.05) is 18.0 Å². The number of aliphatic hydroxyl groups is 1. The molecule has 0 aliphatic rings. The Morgan fingerprint density at radius 3 is 2.69 bits per heavy atom. The van der Waals surface area contributed by atoms with E-state index in [9.17, 15) is 13.9 Å². The van der Waals surface area contributed by atoms with Gasteiger partial charge in [0.25, 0.3) is 6.43 Å². The largest absolute Gasteiger partial charge is 0.374 e. The quantitative estimate of drug-likeness (QED) is 0.394. The van der Waals surface area contributed by atoms with E-state index in [2.05, 4.69) is 25.7 Å². The van der Waals surface area contributed by atoms with E-state index in [4.69, 9.17) is 5.26 Å². The molecule has 8 nitrogen and oxygen atoms in total. The number of halogens is 2. The summed E-state index contributed by atoms with van der Waals surface area (Å²) in [7, 11) is 0. The van der Waals surface area contributed by atoms with Crippen molar-refractivity contribution in [1.29, 1.82) is 5.26 Å². The van der Waals surface area contributed by atoms with Crippen LogP contribution in [0.3, 0.4) is 0 Å². The second kappa shape index (κ2) is 9.18. The summed E-state index contributed by atoms with van der Waals surface area (Å²) in [6, 6.07) is 9.02. The van der Waals surface area contributed by atoms with Crippen LogP contribution in [0.1, 0.15) is 17.4 Å². The number of rotatable bonds is 8. The van der Waals surface area contributed by atoms with E-state index < -0.39 is 19.2 Å². The van der Waals surface area contributed by atoms with E-state index in [1.165, 1.54) is 12.4 Å². The second-order valence-corrected chi connectivity index (χ2v) is 6.26. The van der Waals surface area contributed by atoms with Crippen LogP contribution in [0.5, 0.6) is 0 Å². The fourth-order valence-electron chi connectivity index (χ4n) is 2.68. The number of nitriles is 1. The van der Waals surface area contributed by atoms with Crippen molar-refractivity contribution < 1.29 is 13.9 Å². The van der Waals surface area contributed by atoms with Gasteiger partial charge in [0.15, 0.2) is 0 Å². The fourth-order valence-corrected chi connectivity index (χ4v) is 2.68. The highest BCUT2D eigenvalue weighted by atomic mass is 19.3. The van der Waals surface area contributed by atoms with E-state index in [1.807, 2.05) is 25.1 Å². The Morgan fingerprint density at radius 1 is 1.24 bits per heavy atom. The summed E-state index contributed by atoms with van der Waals surface area (Å²) in [4.78, 5) is 8.72. The van der Waals surface area contributed by atoms with Gasteiger partial charge in [-0.2, -0.15) is 10.4 Å². The third kappa shape index (κ3) is 5.31. The number of alkyl halides is 2. The van der Waals surface area contributed by atoms with Crippen LogP contribution in [0.15, 0.2) is 42.9 Å². The molecule has 0 aliphatic carbocycles. The van der Waals surface area contributed by atoms with Gasteiger partial charge in [-0.25, -0.2) is 18.7 Å². The van der Waals surface area contributed by atoms with Crippen LogP contribution in [0.2, 0.25) is 0 Å². The molecular formula is C19H19F2N7O. The molecule has 2 heterocycles. The summed E-state index contributed by atoms with van der Waals surface area (Å²) >= 11 is 0. The molecule has 3 rings (SSSR count). The van der Waals surface area contributed by atoms with Gasteiger partial charge >= 0.3 is 0 Å². The van der Waals surface area contributed by atoms with Crippen LogP contribution < -0.4 is 10.6 Å². The average Bonchev–Trinajstić information content (AvgIpc) is 3.13. The smallest absolute Gasteiger partial charge is 0.257 e. The Kier molecular flexibility index (Phi) is 6.43. The maximum absolute atomic E-state index is 12.4. The van der Waals surface area contributed by atoms with Gasteiger partial charge in [0.2, 0.25) is 5.95 Å². The van der Waals surface area contributed by atoms with Crippen LogP contribution in [-0.4, -0.2) is 37.8 Å². The molecule has 29 heavy (non-hydrogen) atoms. The molecule has 0 bridgehead atoms. The first-order valence-electron chi connectivity index (χ1n) is 8.76. The SMILES string of the molecule is Cc1cnc(Nc2cnn(CC(F)F)c2)nc1-c1ccc(C(O)NCC#N)cc1. The third-order valence-electron chi connectivity index (χ3n) is 4.06. The molecule has 1 unspecified atom stereocenters. The van der Waals surface area contributed by atoms with E-state index >= 15 is 0 Å². The molecule has 0 radical (unpaired) electrons. The number of hydrogen-bond acceptors (Lipinski definition) is 7. The van der Waals surface area contributed by atoms with Crippen LogP contribution in [0.4, 0.5) is 20.4 Å². The molecule has 2 aromatic heterocycles. The standard InChI is InChI=1S/C19H19F2N7O/c1-12-8-24-19(26-15-9-25-28(10-15)11-16(20)21)27-17(12)13-2-4-14(5-3-13)18(29)23-7-6-22/h2-5,8-10,16,18,23,29H,7,11H2,1H3,(H,24,26,27). The molecule has 1 aromatic carbocycles. The molecule has 3 N–H and O–H groups in total. The Labute approximate surface area is 165 Å². The average molecular weight is 399 g/mol. The van der Waals surface area contributed by atoms with Gasteiger partial charge in [-0.05, 0) is 18.1 Å². The summed E-state index contributed by atoms with van der Waals surface area (Å²) in [6.07, 6.45) is 1.12. The number of aliphatic hydroxyl groups excluding tert-OH is 1. The van der Waals surface area contributed by atoms with E-state index in [0.29, 0.717) is 22.9 Å². The fraction of sp³-hybridized carbons (Fsp3) is 0.263. The van der Waals surface area contributed by atoms with Crippen molar-refractivity contribution in [1.82, 2.24) is 25.1 Å². The number of anilines is 2. The molecule has 1 atom stereocenters. The summed E-state index contributed by atoms with van der Waals surface area (Å²) < 4.78 is 26.0. The van der Waals surface area contributed by atoms with Gasteiger partial charge in [0.1, 0.15) is 12.8 Å². The molecule has 0 aliphatic heterocycles.